The number of nitrogens with zero attached hydrogens (tertiary/aromatic N) is 2. The highest BCUT2D eigenvalue weighted by Crippen LogP contribution is 2.20. The predicted octanol–water partition coefficient (Wildman–Crippen LogP) is 1.84. The second-order valence-corrected chi connectivity index (χ2v) is 4.62. The molecule has 1 aliphatic heterocycles. The molecule has 3 nitrogen and oxygen atoms in total. The minimum Gasteiger partial charge on any atom is -0.338 e. The van der Waals surface area contributed by atoms with Crippen LogP contribution >= 0.6 is 22.9 Å². The molecule has 5 heteroatoms. The van der Waals surface area contributed by atoms with Crippen molar-refractivity contribution in [3.63, 3.8) is 0 Å². The van der Waals surface area contributed by atoms with Crippen molar-refractivity contribution in [2.45, 2.75) is 6.42 Å². The first-order chi connectivity index (χ1) is 6.81. The van der Waals surface area contributed by atoms with Gasteiger partial charge in [-0.1, -0.05) is 0 Å². The van der Waals surface area contributed by atoms with Crippen molar-refractivity contribution in [2.24, 2.45) is 5.92 Å². The SMILES string of the molecule is O=C(c1cncs1)N1CCC(CCl)C1. The van der Waals surface area contributed by atoms with Crippen molar-refractivity contribution >= 4 is 28.8 Å². The van der Waals surface area contributed by atoms with Crippen LogP contribution in [0.1, 0.15) is 16.1 Å². The Morgan fingerprint density at radius 2 is 2.64 bits per heavy atom. The molecule has 0 bridgehead atoms. The van der Waals surface area contributed by atoms with E-state index in [9.17, 15) is 4.79 Å². The third kappa shape index (κ3) is 1.91. The standard InChI is InChI=1S/C9H11ClN2OS/c10-3-7-1-2-12(5-7)9(13)8-4-11-6-14-8/h4,6-7H,1-3,5H2. The van der Waals surface area contributed by atoms with E-state index in [1.165, 1.54) is 11.3 Å². The zero-order valence-electron chi connectivity index (χ0n) is 7.65. The summed E-state index contributed by atoms with van der Waals surface area (Å²) in [6.45, 7) is 1.62. The summed E-state index contributed by atoms with van der Waals surface area (Å²) < 4.78 is 0. The van der Waals surface area contributed by atoms with Gasteiger partial charge in [-0.3, -0.25) is 9.78 Å². The molecule has 1 saturated heterocycles. The fourth-order valence-electron chi connectivity index (χ4n) is 1.62. The first-order valence-corrected chi connectivity index (χ1v) is 5.96. The number of alkyl halides is 1. The summed E-state index contributed by atoms with van der Waals surface area (Å²) in [7, 11) is 0. The number of likely N-dealkylation sites (tertiary alicyclic amines) is 1. The van der Waals surface area contributed by atoms with E-state index in [-0.39, 0.29) is 5.91 Å². The summed E-state index contributed by atoms with van der Waals surface area (Å²) in [5.74, 6) is 1.21. The zero-order chi connectivity index (χ0) is 9.97. The highest BCUT2D eigenvalue weighted by Gasteiger charge is 2.26. The van der Waals surface area contributed by atoms with Gasteiger partial charge in [0.1, 0.15) is 4.88 Å². The summed E-state index contributed by atoms with van der Waals surface area (Å²) in [6.07, 6.45) is 2.65. The van der Waals surface area contributed by atoms with Crippen LogP contribution < -0.4 is 0 Å². The Bertz CT molecular complexity index is 315. The van der Waals surface area contributed by atoms with Gasteiger partial charge in [-0.25, -0.2) is 0 Å². The summed E-state index contributed by atoms with van der Waals surface area (Å²) in [5, 5.41) is 0. The quantitative estimate of drug-likeness (QED) is 0.727. The van der Waals surface area contributed by atoms with E-state index in [4.69, 9.17) is 11.6 Å². The number of halogens is 1. The molecule has 0 saturated carbocycles. The van der Waals surface area contributed by atoms with Crippen LogP contribution in [0.5, 0.6) is 0 Å². The molecule has 1 atom stereocenters. The summed E-state index contributed by atoms with van der Waals surface area (Å²) in [4.78, 5) is 18.3. The van der Waals surface area contributed by atoms with Crippen LogP contribution in [0.15, 0.2) is 11.7 Å². The van der Waals surface area contributed by atoms with E-state index in [0.717, 1.165) is 24.4 Å². The zero-order valence-corrected chi connectivity index (χ0v) is 9.22. The molecule has 0 radical (unpaired) electrons. The van der Waals surface area contributed by atoms with Gasteiger partial charge in [0.25, 0.3) is 5.91 Å². The van der Waals surface area contributed by atoms with E-state index < -0.39 is 0 Å². The van der Waals surface area contributed by atoms with Gasteiger partial charge in [-0.05, 0) is 12.3 Å². The van der Waals surface area contributed by atoms with Crippen molar-refractivity contribution in [3.05, 3.63) is 16.6 Å². The van der Waals surface area contributed by atoms with Gasteiger partial charge >= 0.3 is 0 Å². The third-order valence-electron chi connectivity index (χ3n) is 2.43. The Balaban J connectivity index is 2.00. The van der Waals surface area contributed by atoms with E-state index in [2.05, 4.69) is 4.98 Å². The molecular formula is C9H11ClN2OS. The maximum atomic E-state index is 11.8. The fourth-order valence-corrected chi connectivity index (χ4v) is 2.46. The smallest absolute Gasteiger partial charge is 0.265 e. The molecule has 2 heterocycles. The number of amides is 1. The number of hydrogen-bond donors (Lipinski definition) is 0. The summed E-state index contributed by atoms with van der Waals surface area (Å²) >= 11 is 7.15. The molecule has 0 N–H and O–H groups in total. The highest BCUT2D eigenvalue weighted by atomic mass is 35.5. The van der Waals surface area contributed by atoms with Crippen LogP contribution in [0.25, 0.3) is 0 Å². The Kier molecular flexibility index (Phi) is 3.03. The maximum Gasteiger partial charge on any atom is 0.265 e. The second kappa shape index (κ2) is 4.28. The number of rotatable bonds is 2. The van der Waals surface area contributed by atoms with Crippen LogP contribution in [0.4, 0.5) is 0 Å². The molecule has 1 amide bonds. The molecule has 1 fully saturated rings. The van der Waals surface area contributed by atoms with Crippen molar-refractivity contribution in [3.8, 4) is 0 Å². The molecule has 76 valence electrons. The van der Waals surface area contributed by atoms with Crippen LogP contribution in [0, 0.1) is 5.92 Å². The first kappa shape index (κ1) is 9.93. The maximum absolute atomic E-state index is 11.8. The molecule has 1 aromatic heterocycles. The minimum absolute atomic E-state index is 0.0973. The molecule has 14 heavy (non-hydrogen) atoms. The molecule has 0 spiro atoms. The summed E-state index contributed by atoms with van der Waals surface area (Å²) in [6, 6.07) is 0. The normalized spacial score (nSPS) is 21.5. The summed E-state index contributed by atoms with van der Waals surface area (Å²) in [5.41, 5.74) is 1.68. The van der Waals surface area contributed by atoms with E-state index in [1.807, 2.05) is 4.90 Å². The van der Waals surface area contributed by atoms with E-state index in [0.29, 0.717) is 11.8 Å². The van der Waals surface area contributed by atoms with Gasteiger partial charge in [0, 0.05) is 19.0 Å². The number of carbonyl (C=O) groups is 1. The van der Waals surface area contributed by atoms with Gasteiger partial charge in [0.05, 0.1) is 11.7 Å². The number of thiazole rings is 1. The molecule has 2 rings (SSSR count). The molecular weight excluding hydrogens is 220 g/mol. The Morgan fingerprint density at radius 3 is 3.21 bits per heavy atom. The van der Waals surface area contributed by atoms with Crippen molar-refractivity contribution in [1.82, 2.24) is 9.88 Å². The monoisotopic (exact) mass is 230 g/mol. The van der Waals surface area contributed by atoms with Crippen molar-refractivity contribution < 1.29 is 4.79 Å². The third-order valence-corrected chi connectivity index (χ3v) is 3.63. The van der Waals surface area contributed by atoms with Crippen LogP contribution in [0.3, 0.4) is 0 Å². The van der Waals surface area contributed by atoms with Gasteiger partial charge < -0.3 is 4.90 Å². The lowest BCUT2D eigenvalue weighted by molar-refractivity contribution is 0.0793. The van der Waals surface area contributed by atoms with Crippen LogP contribution in [-0.2, 0) is 0 Å². The van der Waals surface area contributed by atoms with Crippen LogP contribution in [-0.4, -0.2) is 34.8 Å². The highest BCUT2D eigenvalue weighted by molar-refractivity contribution is 7.11. The lowest BCUT2D eigenvalue weighted by Crippen LogP contribution is -2.28. The lowest BCUT2D eigenvalue weighted by Gasteiger charge is -2.14. The topological polar surface area (TPSA) is 33.2 Å². The number of carbonyl (C=O) groups excluding carboxylic acids is 1. The van der Waals surface area contributed by atoms with Crippen molar-refractivity contribution in [2.75, 3.05) is 19.0 Å². The first-order valence-electron chi connectivity index (χ1n) is 4.55. The average molecular weight is 231 g/mol. The van der Waals surface area contributed by atoms with E-state index in [1.54, 1.807) is 11.7 Å². The molecule has 0 aliphatic carbocycles. The van der Waals surface area contributed by atoms with E-state index >= 15 is 0 Å². The van der Waals surface area contributed by atoms with Gasteiger partial charge in [-0.15, -0.1) is 22.9 Å². The minimum atomic E-state index is 0.0973. The van der Waals surface area contributed by atoms with Crippen LogP contribution in [0.2, 0.25) is 0 Å². The largest absolute Gasteiger partial charge is 0.338 e. The second-order valence-electron chi connectivity index (χ2n) is 3.43. The lowest BCUT2D eigenvalue weighted by atomic mass is 10.2. The molecule has 1 aliphatic rings. The fraction of sp³-hybridized carbons (Fsp3) is 0.556. The molecule has 1 aromatic rings. The number of hydrogen-bond acceptors (Lipinski definition) is 3. The molecule has 0 aromatic carbocycles. The Morgan fingerprint density at radius 1 is 1.79 bits per heavy atom. The van der Waals surface area contributed by atoms with Crippen molar-refractivity contribution in [1.29, 1.82) is 0 Å². The Hall–Kier alpha value is -0.610. The predicted molar refractivity (Wildman–Crippen MR) is 56.8 cm³/mol. The number of aromatic nitrogens is 1. The van der Waals surface area contributed by atoms with Gasteiger partial charge in [-0.2, -0.15) is 0 Å². The average Bonchev–Trinajstić information content (AvgIpc) is 2.88. The van der Waals surface area contributed by atoms with Gasteiger partial charge in [0.2, 0.25) is 0 Å². The Labute approximate surface area is 91.7 Å². The van der Waals surface area contributed by atoms with Gasteiger partial charge in [0.15, 0.2) is 0 Å². The molecule has 1 unspecified atom stereocenters.